The summed E-state index contributed by atoms with van der Waals surface area (Å²) in [5.41, 5.74) is -7.41. The molecule has 3 saturated carbocycles. The average molecular weight is 589 g/mol. The van der Waals surface area contributed by atoms with Gasteiger partial charge >= 0.3 is 5.97 Å². The Kier molecular flexibility index (Phi) is 7.18. The summed E-state index contributed by atoms with van der Waals surface area (Å²) in [6.07, 6.45) is -2.45. The monoisotopic (exact) mass is 588 g/mol. The third kappa shape index (κ3) is 3.84. The molecule has 0 heterocycles. The van der Waals surface area contributed by atoms with E-state index in [9.17, 15) is 29.7 Å². The molecule has 10 heteroatoms. The predicted molar refractivity (Wildman–Crippen MR) is 133 cm³/mol. The highest BCUT2D eigenvalue weighted by Gasteiger charge is 2.77. The molecule has 0 amide bonds. The number of aliphatic hydroxyl groups is 3. The van der Waals surface area contributed by atoms with Gasteiger partial charge in [-0.2, -0.15) is 0 Å². The van der Waals surface area contributed by atoms with Gasteiger partial charge in [0.1, 0.15) is 17.9 Å². The third-order valence-corrected chi connectivity index (χ3v) is 10.7. The lowest BCUT2D eigenvalue weighted by Gasteiger charge is -2.63. The summed E-state index contributed by atoms with van der Waals surface area (Å²) >= 11 is 3.15. The number of Topliss-reactive ketones (excluding diaryl/α,β-unsaturated/α-hetero) is 1. The van der Waals surface area contributed by atoms with E-state index in [0.29, 0.717) is 0 Å². The molecular formula is C27H35BrF2O7. The van der Waals surface area contributed by atoms with Crippen LogP contribution in [0.1, 0.15) is 65.7 Å². The minimum atomic E-state index is -2.35. The lowest BCUT2D eigenvalue weighted by molar-refractivity contribution is -0.225. The molecule has 0 aromatic heterocycles. The first-order valence-electron chi connectivity index (χ1n) is 12.9. The zero-order valence-corrected chi connectivity index (χ0v) is 22.8. The van der Waals surface area contributed by atoms with Gasteiger partial charge < -0.3 is 20.4 Å². The standard InChI is InChI=1S/C27H35BrF2O7/c1-13-8-14-15-9-18(29)16-10-20(32)17(28)11-24(16,2)26(15,30)21(33)12-25(14,3)27(13,37)23(36)19(31)6-4-5-7-22(34)35/h10-11,13-15,18-19,21,31,33,37H,4-9,12H2,1-3H3,(H,34,35)/t13?,14-,15-,18?,19?,21?,24-,25-,26-,27-/m0/s1. The van der Waals surface area contributed by atoms with Gasteiger partial charge in [-0.05, 0) is 84.9 Å². The summed E-state index contributed by atoms with van der Waals surface area (Å²) < 4.78 is 33.0. The number of ketones is 2. The molecule has 7 nitrogen and oxygen atoms in total. The Morgan fingerprint density at radius 1 is 1.22 bits per heavy atom. The molecule has 4 aliphatic rings. The number of hydrogen-bond donors (Lipinski definition) is 4. The maximum atomic E-state index is 17.3. The minimum absolute atomic E-state index is 0.0173. The number of carboxylic acids is 1. The SMILES string of the molecule is CC1C[C@H]2[C@@H]3CC(F)C4=CC(=O)C(Br)=C[C@]4(C)[C@@]3(F)C(O)C[C@]2(C)[C@@]1(O)C(=O)C(O)CCCCC(=O)O. The number of aliphatic carboxylic acids is 1. The van der Waals surface area contributed by atoms with Crippen LogP contribution < -0.4 is 0 Å². The zero-order chi connectivity index (χ0) is 27.7. The average Bonchev–Trinajstić information content (AvgIpc) is 3.01. The van der Waals surface area contributed by atoms with Gasteiger partial charge in [0.15, 0.2) is 17.2 Å². The van der Waals surface area contributed by atoms with E-state index in [1.165, 1.54) is 13.0 Å². The Morgan fingerprint density at radius 3 is 2.49 bits per heavy atom. The molecule has 4 unspecified atom stereocenters. The van der Waals surface area contributed by atoms with Crippen molar-refractivity contribution < 1.29 is 43.6 Å². The molecular weight excluding hydrogens is 554 g/mol. The molecule has 4 N–H and O–H groups in total. The number of alkyl halides is 2. The molecule has 37 heavy (non-hydrogen) atoms. The van der Waals surface area contributed by atoms with Gasteiger partial charge in [0.2, 0.25) is 0 Å². The molecule has 4 rings (SSSR count). The molecule has 0 saturated heterocycles. The van der Waals surface area contributed by atoms with Crippen LogP contribution in [0.15, 0.2) is 22.2 Å². The smallest absolute Gasteiger partial charge is 0.303 e. The zero-order valence-electron chi connectivity index (χ0n) is 21.2. The largest absolute Gasteiger partial charge is 0.481 e. The van der Waals surface area contributed by atoms with E-state index in [4.69, 9.17) is 5.11 Å². The molecule has 10 atom stereocenters. The van der Waals surface area contributed by atoms with Gasteiger partial charge in [0, 0.05) is 23.2 Å². The Balaban J connectivity index is 1.69. The lowest BCUT2D eigenvalue weighted by atomic mass is 9.44. The minimum Gasteiger partial charge on any atom is -0.481 e. The first kappa shape index (κ1) is 28.5. The molecule has 0 aromatic carbocycles. The van der Waals surface area contributed by atoms with Crippen LogP contribution in [0.5, 0.6) is 0 Å². The predicted octanol–water partition coefficient (Wildman–Crippen LogP) is 3.58. The topological polar surface area (TPSA) is 132 Å². The van der Waals surface area contributed by atoms with Crippen LogP contribution in [0.2, 0.25) is 0 Å². The normalized spacial score (nSPS) is 45.8. The van der Waals surface area contributed by atoms with Gasteiger partial charge in [-0.3, -0.25) is 14.4 Å². The van der Waals surface area contributed by atoms with Crippen LogP contribution >= 0.6 is 15.9 Å². The lowest BCUT2D eigenvalue weighted by Crippen LogP contribution is -2.71. The molecule has 4 aliphatic carbocycles. The van der Waals surface area contributed by atoms with Gasteiger partial charge in [0.25, 0.3) is 0 Å². The summed E-state index contributed by atoms with van der Waals surface area (Å²) in [4.78, 5) is 36.5. The Hall–Kier alpha value is -1.49. The second-order valence-corrected chi connectivity index (χ2v) is 12.8. The van der Waals surface area contributed by atoms with Crippen molar-refractivity contribution >= 4 is 33.5 Å². The van der Waals surface area contributed by atoms with Crippen molar-refractivity contribution in [3.8, 4) is 0 Å². The van der Waals surface area contributed by atoms with Crippen molar-refractivity contribution in [2.45, 2.75) is 95.4 Å². The van der Waals surface area contributed by atoms with E-state index in [-0.39, 0.29) is 55.0 Å². The first-order valence-corrected chi connectivity index (χ1v) is 13.7. The Morgan fingerprint density at radius 2 is 1.86 bits per heavy atom. The summed E-state index contributed by atoms with van der Waals surface area (Å²) in [6.45, 7) is 4.73. The van der Waals surface area contributed by atoms with E-state index in [0.717, 1.165) is 6.08 Å². The summed E-state index contributed by atoms with van der Waals surface area (Å²) in [6, 6.07) is 0. The highest BCUT2D eigenvalue weighted by Crippen LogP contribution is 2.71. The number of carboxylic acid groups (broad SMARTS) is 1. The van der Waals surface area contributed by atoms with E-state index in [1.54, 1.807) is 13.8 Å². The van der Waals surface area contributed by atoms with Crippen molar-refractivity contribution in [3.63, 3.8) is 0 Å². The van der Waals surface area contributed by atoms with Gasteiger partial charge in [-0.15, -0.1) is 0 Å². The maximum Gasteiger partial charge on any atom is 0.303 e. The fourth-order valence-electron chi connectivity index (χ4n) is 8.12. The number of allylic oxidation sites excluding steroid dienone is 4. The number of hydrogen-bond acceptors (Lipinski definition) is 6. The Bertz CT molecular complexity index is 1080. The van der Waals surface area contributed by atoms with Crippen LogP contribution in [0, 0.1) is 28.6 Å². The van der Waals surface area contributed by atoms with Crippen LogP contribution in [0.3, 0.4) is 0 Å². The molecule has 0 bridgehead atoms. The fourth-order valence-corrected chi connectivity index (χ4v) is 8.69. The van der Waals surface area contributed by atoms with Crippen LogP contribution in [-0.4, -0.2) is 67.6 Å². The van der Waals surface area contributed by atoms with Crippen LogP contribution in [-0.2, 0) is 14.4 Å². The first-order chi connectivity index (χ1) is 17.1. The van der Waals surface area contributed by atoms with Crippen molar-refractivity contribution in [2.24, 2.45) is 28.6 Å². The molecule has 3 fully saturated rings. The van der Waals surface area contributed by atoms with E-state index in [2.05, 4.69) is 15.9 Å². The quantitative estimate of drug-likeness (QED) is 0.334. The van der Waals surface area contributed by atoms with Crippen molar-refractivity contribution in [3.05, 3.63) is 22.2 Å². The third-order valence-electron chi connectivity index (χ3n) is 10.1. The van der Waals surface area contributed by atoms with Crippen molar-refractivity contribution in [1.29, 1.82) is 0 Å². The molecule has 0 aromatic rings. The second-order valence-electron chi connectivity index (χ2n) is 11.9. The summed E-state index contributed by atoms with van der Waals surface area (Å²) in [5.74, 6) is -4.72. The molecule has 0 radical (unpaired) electrons. The Labute approximate surface area is 223 Å². The van der Waals surface area contributed by atoms with E-state index >= 15 is 8.78 Å². The molecule has 0 spiro atoms. The van der Waals surface area contributed by atoms with Crippen LogP contribution in [0.4, 0.5) is 8.78 Å². The summed E-state index contributed by atoms with van der Waals surface area (Å²) in [7, 11) is 0. The van der Waals surface area contributed by atoms with Gasteiger partial charge in [-0.25, -0.2) is 8.78 Å². The maximum absolute atomic E-state index is 17.3. The number of carbonyl (C=O) groups excluding carboxylic acids is 2. The highest BCUT2D eigenvalue weighted by atomic mass is 79.9. The summed E-state index contributed by atoms with van der Waals surface area (Å²) in [5, 5.41) is 42.8. The number of fused-ring (bicyclic) bond motifs is 5. The second kappa shape index (κ2) is 9.31. The number of halogens is 3. The highest BCUT2D eigenvalue weighted by molar-refractivity contribution is 9.12. The number of rotatable bonds is 7. The van der Waals surface area contributed by atoms with E-state index in [1.807, 2.05) is 0 Å². The molecule has 0 aliphatic heterocycles. The van der Waals surface area contributed by atoms with Gasteiger partial charge in [0.05, 0.1) is 10.6 Å². The number of unbranched alkanes of at least 4 members (excludes halogenated alkanes) is 1. The number of aliphatic hydroxyl groups excluding tert-OH is 2. The van der Waals surface area contributed by atoms with Crippen molar-refractivity contribution in [2.75, 3.05) is 0 Å². The van der Waals surface area contributed by atoms with Crippen LogP contribution in [0.25, 0.3) is 0 Å². The molecule has 206 valence electrons. The van der Waals surface area contributed by atoms with E-state index < -0.39 is 75.8 Å². The van der Waals surface area contributed by atoms with Gasteiger partial charge in [-0.1, -0.05) is 19.9 Å². The van der Waals surface area contributed by atoms with Crippen molar-refractivity contribution in [1.82, 2.24) is 0 Å². The number of carbonyl (C=O) groups is 3. The fraction of sp³-hybridized carbons (Fsp3) is 0.741.